The monoisotopic (exact) mass is 397 g/mol. The van der Waals surface area contributed by atoms with Crippen LogP contribution in [0, 0.1) is 6.92 Å². The van der Waals surface area contributed by atoms with Gasteiger partial charge in [0.1, 0.15) is 19.0 Å². The Balaban J connectivity index is 2.01. The highest BCUT2D eigenvalue weighted by Gasteiger charge is 2.21. The number of hydrogen-bond acceptors (Lipinski definition) is 5. The number of nitrogens with zero attached hydrogens (tertiary/aromatic N) is 1. The summed E-state index contributed by atoms with van der Waals surface area (Å²) in [5, 5.41) is 0.118. The fraction of sp³-hybridized carbons (Fsp3) is 0.278. The van der Waals surface area contributed by atoms with Crippen molar-refractivity contribution in [3.05, 3.63) is 58.6 Å². The highest BCUT2D eigenvalue weighted by atomic mass is 35.5. The first-order valence-corrected chi connectivity index (χ1v) is 9.62. The first kappa shape index (κ1) is 20.2. The van der Waals surface area contributed by atoms with E-state index in [1.165, 1.54) is 32.3 Å². The molecule has 26 heavy (non-hydrogen) atoms. The second kappa shape index (κ2) is 8.53. The summed E-state index contributed by atoms with van der Waals surface area (Å²) in [7, 11) is -0.858. The molecule has 0 saturated carbocycles. The summed E-state index contributed by atoms with van der Waals surface area (Å²) in [5.74, 6) is -0.0307. The van der Waals surface area contributed by atoms with Crippen LogP contribution in [-0.4, -0.2) is 46.0 Å². The highest BCUT2D eigenvalue weighted by molar-refractivity contribution is 7.89. The van der Waals surface area contributed by atoms with Gasteiger partial charge in [-0.25, -0.2) is 17.5 Å². The van der Waals surface area contributed by atoms with E-state index in [1.54, 1.807) is 6.07 Å². The third-order valence-electron chi connectivity index (χ3n) is 3.51. The minimum atomic E-state index is -3.67. The van der Waals surface area contributed by atoms with E-state index >= 15 is 0 Å². The van der Waals surface area contributed by atoms with Crippen LogP contribution in [0.2, 0.25) is 5.02 Å². The first-order chi connectivity index (χ1) is 12.2. The van der Waals surface area contributed by atoms with Crippen LogP contribution in [0.4, 0.5) is 0 Å². The number of esters is 1. The zero-order chi connectivity index (χ0) is 19.3. The van der Waals surface area contributed by atoms with Crippen LogP contribution in [0.15, 0.2) is 47.4 Å². The number of aryl methyl sites for hydroxylation is 1. The smallest absolute Gasteiger partial charge is 0.339 e. The van der Waals surface area contributed by atoms with Crippen LogP contribution in [-0.2, 0) is 14.8 Å². The molecule has 0 aromatic heterocycles. The number of hydrogen-bond donors (Lipinski definition) is 0. The molecule has 0 radical (unpaired) electrons. The molecule has 2 aromatic carbocycles. The average Bonchev–Trinajstić information content (AvgIpc) is 2.58. The fourth-order valence-corrected chi connectivity index (χ4v) is 3.23. The van der Waals surface area contributed by atoms with Gasteiger partial charge in [0.2, 0.25) is 10.0 Å². The standard InChI is InChI=1S/C18H20ClNO5S/c1-13-5-4-6-14(11-13)24-9-10-25-18(21)16-12-15(7-8-17(16)19)26(22,23)20(2)3/h4-8,11-12H,9-10H2,1-3H3. The Morgan fingerprint density at radius 2 is 1.85 bits per heavy atom. The highest BCUT2D eigenvalue weighted by Crippen LogP contribution is 2.23. The SMILES string of the molecule is Cc1cccc(OCCOC(=O)c2cc(S(=O)(=O)N(C)C)ccc2Cl)c1. The topological polar surface area (TPSA) is 72.9 Å². The summed E-state index contributed by atoms with van der Waals surface area (Å²) in [6.07, 6.45) is 0. The summed E-state index contributed by atoms with van der Waals surface area (Å²) < 4.78 is 36.0. The summed E-state index contributed by atoms with van der Waals surface area (Å²) >= 11 is 6.01. The molecule has 0 fully saturated rings. The summed E-state index contributed by atoms with van der Waals surface area (Å²) in [4.78, 5) is 12.2. The van der Waals surface area contributed by atoms with Crippen molar-refractivity contribution >= 4 is 27.6 Å². The van der Waals surface area contributed by atoms with E-state index in [-0.39, 0.29) is 28.7 Å². The Hall–Kier alpha value is -2.09. The number of carbonyl (C=O) groups excluding carboxylic acids is 1. The van der Waals surface area contributed by atoms with Crippen molar-refractivity contribution in [3.63, 3.8) is 0 Å². The molecule has 0 atom stereocenters. The lowest BCUT2D eigenvalue weighted by Crippen LogP contribution is -2.22. The summed E-state index contributed by atoms with van der Waals surface area (Å²) in [5.41, 5.74) is 1.05. The molecule has 140 valence electrons. The molecule has 0 unspecified atom stereocenters. The van der Waals surface area contributed by atoms with E-state index in [0.29, 0.717) is 5.75 Å². The lowest BCUT2D eigenvalue weighted by molar-refractivity contribution is 0.0450. The van der Waals surface area contributed by atoms with Crippen LogP contribution >= 0.6 is 11.6 Å². The van der Waals surface area contributed by atoms with Gasteiger partial charge >= 0.3 is 5.97 Å². The second-order valence-electron chi connectivity index (χ2n) is 5.73. The minimum Gasteiger partial charge on any atom is -0.490 e. The number of rotatable bonds is 7. The first-order valence-electron chi connectivity index (χ1n) is 7.80. The van der Waals surface area contributed by atoms with Crippen molar-refractivity contribution in [2.45, 2.75) is 11.8 Å². The molecular formula is C18H20ClNO5S. The molecule has 0 spiro atoms. The molecule has 0 N–H and O–H groups in total. The maximum Gasteiger partial charge on any atom is 0.339 e. The third kappa shape index (κ3) is 4.97. The molecule has 0 aliphatic carbocycles. The van der Waals surface area contributed by atoms with E-state index in [1.807, 2.05) is 25.1 Å². The van der Waals surface area contributed by atoms with Crippen LogP contribution < -0.4 is 4.74 Å². The largest absolute Gasteiger partial charge is 0.490 e. The molecule has 0 amide bonds. The number of sulfonamides is 1. The minimum absolute atomic E-state index is 0.00770. The zero-order valence-electron chi connectivity index (χ0n) is 14.7. The number of halogens is 1. The zero-order valence-corrected chi connectivity index (χ0v) is 16.3. The molecular weight excluding hydrogens is 378 g/mol. The molecule has 0 bridgehead atoms. The van der Waals surface area contributed by atoms with Crippen LogP contribution in [0.1, 0.15) is 15.9 Å². The summed E-state index contributed by atoms with van der Waals surface area (Å²) in [6, 6.07) is 11.4. The fourth-order valence-electron chi connectivity index (χ4n) is 2.11. The quantitative estimate of drug-likeness (QED) is 0.530. The van der Waals surface area contributed by atoms with Crippen molar-refractivity contribution < 1.29 is 22.7 Å². The van der Waals surface area contributed by atoms with E-state index < -0.39 is 16.0 Å². The van der Waals surface area contributed by atoms with Gasteiger partial charge in [0.25, 0.3) is 0 Å². The van der Waals surface area contributed by atoms with Crippen molar-refractivity contribution in [2.24, 2.45) is 0 Å². The van der Waals surface area contributed by atoms with Crippen molar-refractivity contribution in [3.8, 4) is 5.75 Å². The van der Waals surface area contributed by atoms with E-state index in [2.05, 4.69) is 0 Å². The maximum absolute atomic E-state index is 12.2. The van der Waals surface area contributed by atoms with Gasteiger partial charge in [0, 0.05) is 14.1 Å². The Labute approximate surface area is 158 Å². The van der Waals surface area contributed by atoms with E-state index in [4.69, 9.17) is 21.1 Å². The lowest BCUT2D eigenvalue weighted by atomic mass is 10.2. The number of ether oxygens (including phenoxy) is 2. The van der Waals surface area contributed by atoms with Crippen LogP contribution in [0.5, 0.6) is 5.75 Å². The van der Waals surface area contributed by atoms with Gasteiger partial charge in [-0.15, -0.1) is 0 Å². The summed E-state index contributed by atoms with van der Waals surface area (Å²) in [6.45, 7) is 2.12. The van der Waals surface area contributed by atoms with Crippen molar-refractivity contribution in [1.29, 1.82) is 0 Å². The van der Waals surface area contributed by atoms with Crippen LogP contribution in [0.25, 0.3) is 0 Å². The van der Waals surface area contributed by atoms with E-state index in [0.717, 1.165) is 9.87 Å². The Morgan fingerprint density at radius 1 is 1.12 bits per heavy atom. The normalized spacial score (nSPS) is 11.4. The van der Waals surface area contributed by atoms with Gasteiger partial charge in [-0.2, -0.15) is 0 Å². The molecule has 6 nitrogen and oxygen atoms in total. The molecule has 0 heterocycles. The number of benzene rings is 2. The van der Waals surface area contributed by atoms with Crippen molar-refractivity contribution in [2.75, 3.05) is 27.3 Å². The second-order valence-corrected chi connectivity index (χ2v) is 8.29. The maximum atomic E-state index is 12.2. The molecule has 2 rings (SSSR count). The van der Waals surface area contributed by atoms with Gasteiger partial charge in [0.15, 0.2) is 0 Å². The predicted molar refractivity (Wildman–Crippen MR) is 99.3 cm³/mol. The van der Waals surface area contributed by atoms with E-state index in [9.17, 15) is 13.2 Å². The lowest BCUT2D eigenvalue weighted by Gasteiger charge is -2.13. The van der Waals surface area contributed by atoms with Gasteiger partial charge in [-0.05, 0) is 42.8 Å². The van der Waals surface area contributed by atoms with Gasteiger partial charge in [0.05, 0.1) is 15.5 Å². The molecule has 0 aliphatic rings. The molecule has 0 saturated heterocycles. The molecule has 2 aromatic rings. The van der Waals surface area contributed by atoms with Gasteiger partial charge in [-0.1, -0.05) is 23.7 Å². The van der Waals surface area contributed by atoms with Gasteiger partial charge < -0.3 is 9.47 Å². The molecule has 0 aliphatic heterocycles. The average molecular weight is 398 g/mol. The third-order valence-corrected chi connectivity index (χ3v) is 5.65. The van der Waals surface area contributed by atoms with Gasteiger partial charge in [-0.3, -0.25) is 0 Å². The molecule has 8 heteroatoms. The Kier molecular flexibility index (Phi) is 6.63. The Bertz CT molecular complexity index is 896. The predicted octanol–water partition coefficient (Wildman–Crippen LogP) is 3.13. The number of carbonyl (C=O) groups is 1. The Morgan fingerprint density at radius 3 is 2.50 bits per heavy atom. The van der Waals surface area contributed by atoms with Crippen LogP contribution in [0.3, 0.4) is 0 Å². The van der Waals surface area contributed by atoms with Crippen molar-refractivity contribution in [1.82, 2.24) is 4.31 Å².